The van der Waals surface area contributed by atoms with E-state index in [-0.39, 0.29) is 12.8 Å². The van der Waals surface area contributed by atoms with Crippen LogP contribution in [0.15, 0.2) is 12.2 Å². The quantitative estimate of drug-likeness (QED) is 0.0151. The molecule has 1 fully saturated rings. The number of allylic oxidation sites excluding steroid dienone is 2. The van der Waals surface area contributed by atoms with Crippen molar-refractivity contribution in [3.8, 4) is 0 Å². The number of aliphatic hydroxyl groups is 5. The summed E-state index contributed by atoms with van der Waals surface area (Å²) in [5.74, 6) is -1.10. The van der Waals surface area contributed by atoms with Gasteiger partial charge in [-0.2, -0.15) is 0 Å². The number of rotatable bonds is 37. The molecule has 1 rings (SSSR count). The van der Waals surface area contributed by atoms with Crippen LogP contribution in [-0.2, 0) is 32.7 Å². The Morgan fingerprint density at radius 3 is 1.33 bits per heavy atom. The lowest BCUT2D eigenvalue weighted by Crippen LogP contribution is -2.64. The van der Waals surface area contributed by atoms with Gasteiger partial charge in [-0.3, -0.25) is 18.6 Å². The fourth-order valence-corrected chi connectivity index (χ4v) is 7.90. The van der Waals surface area contributed by atoms with E-state index < -0.39 is 75.7 Å². The Bertz CT molecular complexity index is 1060. The smallest absolute Gasteiger partial charge is 0.462 e. The van der Waals surface area contributed by atoms with Crippen molar-refractivity contribution in [3.63, 3.8) is 0 Å². The highest BCUT2D eigenvalue weighted by Gasteiger charge is 2.51. The zero-order valence-electron chi connectivity index (χ0n) is 35.4. The van der Waals surface area contributed by atoms with E-state index in [2.05, 4.69) is 26.0 Å². The summed E-state index contributed by atoms with van der Waals surface area (Å²) in [6.07, 6.45) is 21.2. The van der Waals surface area contributed by atoms with Gasteiger partial charge in [0, 0.05) is 12.8 Å². The van der Waals surface area contributed by atoms with Gasteiger partial charge in [0.15, 0.2) is 6.10 Å². The van der Waals surface area contributed by atoms with Gasteiger partial charge in [0.05, 0.1) is 6.61 Å². The van der Waals surface area contributed by atoms with Crippen LogP contribution < -0.4 is 0 Å². The lowest BCUT2D eigenvalue weighted by atomic mass is 9.85. The molecule has 1 aliphatic rings. The fourth-order valence-electron chi connectivity index (χ4n) is 6.93. The molecule has 0 aliphatic heterocycles. The van der Waals surface area contributed by atoms with Gasteiger partial charge in [-0.25, -0.2) is 4.57 Å². The summed E-state index contributed by atoms with van der Waals surface area (Å²) in [6, 6.07) is 0. The number of hydrogen-bond donors (Lipinski definition) is 6. The van der Waals surface area contributed by atoms with Crippen molar-refractivity contribution in [2.75, 3.05) is 13.2 Å². The van der Waals surface area contributed by atoms with Crippen molar-refractivity contribution in [2.24, 2.45) is 0 Å². The first-order valence-corrected chi connectivity index (χ1v) is 24.0. The Labute approximate surface area is 343 Å². The molecule has 14 heteroatoms. The zero-order chi connectivity index (χ0) is 42.2. The predicted molar refractivity (Wildman–Crippen MR) is 221 cm³/mol. The molecule has 0 saturated heterocycles. The van der Waals surface area contributed by atoms with Gasteiger partial charge in [0.1, 0.15) is 43.2 Å². The first kappa shape index (κ1) is 53.6. The van der Waals surface area contributed by atoms with Crippen LogP contribution in [0.4, 0.5) is 0 Å². The minimum absolute atomic E-state index is 0.0907. The Hall–Kier alpha value is -1.41. The molecule has 0 aromatic rings. The number of carbonyl (C=O) groups excluding carboxylic acids is 2. The van der Waals surface area contributed by atoms with Crippen LogP contribution in [-0.4, -0.2) is 98.3 Å². The maximum Gasteiger partial charge on any atom is 0.472 e. The third-order valence-electron chi connectivity index (χ3n) is 10.6. The van der Waals surface area contributed by atoms with E-state index in [1.807, 2.05) is 0 Å². The minimum atomic E-state index is -5.11. The summed E-state index contributed by atoms with van der Waals surface area (Å²) >= 11 is 0. The molecule has 0 bridgehead atoms. The van der Waals surface area contributed by atoms with E-state index >= 15 is 0 Å². The van der Waals surface area contributed by atoms with Crippen molar-refractivity contribution in [2.45, 2.75) is 236 Å². The highest BCUT2D eigenvalue weighted by atomic mass is 31.2. The van der Waals surface area contributed by atoms with Crippen LogP contribution in [0.25, 0.3) is 0 Å². The molecule has 0 amide bonds. The van der Waals surface area contributed by atoms with Crippen LogP contribution >= 0.6 is 7.82 Å². The molecule has 0 radical (unpaired) electrons. The molecule has 57 heavy (non-hydrogen) atoms. The molecule has 6 atom stereocenters. The molecule has 1 unspecified atom stereocenters. The Kier molecular flexibility index (Phi) is 32.3. The number of phosphoric acid groups is 1. The van der Waals surface area contributed by atoms with Crippen LogP contribution in [0, 0.1) is 0 Å². The normalized spacial score (nSPS) is 22.7. The van der Waals surface area contributed by atoms with Crippen molar-refractivity contribution < 1.29 is 63.1 Å². The number of carbonyl (C=O) groups is 2. The van der Waals surface area contributed by atoms with Gasteiger partial charge < -0.3 is 39.9 Å². The van der Waals surface area contributed by atoms with E-state index in [9.17, 15) is 44.6 Å². The van der Waals surface area contributed by atoms with Gasteiger partial charge in [-0.1, -0.05) is 154 Å². The van der Waals surface area contributed by atoms with Crippen LogP contribution in [0.2, 0.25) is 0 Å². The molecular weight excluding hydrogens is 755 g/mol. The minimum Gasteiger partial charge on any atom is -0.462 e. The Balaban J connectivity index is 2.48. The molecule has 13 nitrogen and oxygen atoms in total. The average molecular weight is 837 g/mol. The SMILES string of the molecule is CCCCCCCC/C=C/CCCCCCCC(=O)O[C@H](COC(=O)CCCCCCCCCCCCCCC)COP(=O)(O)OC1[C@@H](O)[C@H](O)C(O)[C@@H](O)[C@@H]1O. The largest absolute Gasteiger partial charge is 0.472 e. The van der Waals surface area contributed by atoms with Crippen molar-refractivity contribution in [1.29, 1.82) is 0 Å². The second-order valence-corrected chi connectivity index (χ2v) is 17.3. The lowest BCUT2D eigenvalue weighted by molar-refractivity contribution is -0.220. The van der Waals surface area contributed by atoms with Crippen LogP contribution in [0.1, 0.15) is 194 Å². The van der Waals surface area contributed by atoms with E-state index in [0.717, 1.165) is 57.8 Å². The van der Waals surface area contributed by atoms with E-state index in [4.69, 9.17) is 18.5 Å². The highest BCUT2D eigenvalue weighted by Crippen LogP contribution is 2.47. The van der Waals surface area contributed by atoms with Crippen molar-refractivity contribution in [1.82, 2.24) is 0 Å². The van der Waals surface area contributed by atoms with Gasteiger partial charge in [-0.05, 0) is 38.5 Å². The number of hydrogen-bond acceptors (Lipinski definition) is 12. The maximum absolute atomic E-state index is 12.8. The first-order chi connectivity index (χ1) is 27.4. The molecule has 0 aromatic carbocycles. The van der Waals surface area contributed by atoms with E-state index in [1.165, 1.54) is 96.3 Å². The van der Waals surface area contributed by atoms with Crippen LogP contribution in [0.5, 0.6) is 0 Å². The molecule has 336 valence electrons. The summed E-state index contributed by atoms with van der Waals surface area (Å²) in [7, 11) is -5.11. The van der Waals surface area contributed by atoms with Crippen molar-refractivity contribution in [3.05, 3.63) is 12.2 Å². The maximum atomic E-state index is 12.8. The second-order valence-electron chi connectivity index (χ2n) is 15.9. The van der Waals surface area contributed by atoms with Crippen LogP contribution in [0.3, 0.4) is 0 Å². The number of aliphatic hydroxyl groups excluding tert-OH is 5. The monoisotopic (exact) mass is 837 g/mol. The molecule has 6 N–H and O–H groups in total. The number of esters is 2. The topological polar surface area (TPSA) is 210 Å². The average Bonchev–Trinajstić information content (AvgIpc) is 3.19. The van der Waals surface area contributed by atoms with Gasteiger partial charge >= 0.3 is 19.8 Å². The first-order valence-electron chi connectivity index (χ1n) is 22.5. The molecular formula is C43H81O13P. The Morgan fingerprint density at radius 1 is 0.526 bits per heavy atom. The molecule has 0 heterocycles. The second kappa shape index (κ2) is 34.3. The summed E-state index contributed by atoms with van der Waals surface area (Å²) in [5.41, 5.74) is 0. The summed E-state index contributed by atoms with van der Waals surface area (Å²) < 4.78 is 33.5. The third-order valence-corrected chi connectivity index (χ3v) is 11.6. The molecule has 0 spiro atoms. The molecule has 0 aromatic heterocycles. The summed E-state index contributed by atoms with van der Waals surface area (Å²) in [5, 5.41) is 50.1. The fraction of sp³-hybridized carbons (Fsp3) is 0.907. The highest BCUT2D eigenvalue weighted by molar-refractivity contribution is 7.47. The third kappa shape index (κ3) is 27.1. The van der Waals surface area contributed by atoms with Gasteiger partial charge in [0.2, 0.25) is 0 Å². The number of phosphoric ester groups is 1. The predicted octanol–water partition coefficient (Wildman–Crippen LogP) is 8.28. The number of unbranched alkanes of at least 4 members (excludes halogenated alkanes) is 23. The molecule has 1 aliphatic carbocycles. The number of ether oxygens (including phenoxy) is 2. The zero-order valence-corrected chi connectivity index (χ0v) is 36.3. The summed E-state index contributed by atoms with van der Waals surface area (Å²) in [6.45, 7) is 3.29. The van der Waals surface area contributed by atoms with Gasteiger partial charge in [0.25, 0.3) is 0 Å². The lowest BCUT2D eigenvalue weighted by Gasteiger charge is -2.41. The standard InChI is InChI=1S/C43H81O13P/c1-3-5-7-9-11-13-15-17-18-20-22-24-26-28-30-32-37(45)55-35(34-54-57(51,52)56-43-41(49)39(47)38(46)40(48)42(43)50)33-53-36(44)31-29-27-25-23-21-19-16-14-12-10-8-6-4-2/h17-18,35,38-43,46-50H,3-16,19-34H2,1-2H3,(H,51,52)/b18-17+/t35-,38?,39-,40-,41+,42+,43?/m1/s1. The van der Waals surface area contributed by atoms with E-state index in [0.29, 0.717) is 12.8 Å². The summed E-state index contributed by atoms with van der Waals surface area (Å²) in [4.78, 5) is 35.6. The molecule has 1 saturated carbocycles. The van der Waals surface area contributed by atoms with Gasteiger partial charge in [-0.15, -0.1) is 0 Å². The van der Waals surface area contributed by atoms with Crippen molar-refractivity contribution >= 4 is 19.8 Å². The van der Waals surface area contributed by atoms with E-state index in [1.54, 1.807) is 0 Å². The Morgan fingerprint density at radius 2 is 0.895 bits per heavy atom.